The number of carboxylic acid groups (broad SMARTS) is 1. The number of carbonyl (C=O) groups excluding carboxylic acids is 1. The lowest BCUT2D eigenvalue weighted by Gasteiger charge is -2.57. The van der Waals surface area contributed by atoms with Crippen molar-refractivity contribution in [3.8, 4) is 0 Å². The molecule has 0 aliphatic heterocycles. The smallest absolute Gasteiger partial charge is 0.404 e. The van der Waals surface area contributed by atoms with Crippen LogP contribution in [-0.2, 0) is 4.79 Å². The van der Waals surface area contributed by atoms with Gasteiger partial charge >= 0.3 is 6.09 Å². The van der Waals surface area contributed by atoms with Gasteiger partial charge in [0.15, 0.2) is 5.78 Å². The second-order valence-corrected chi connectivity index (χ2v) is 9.57. The molecule has 0 aromatic heterocycles. The van der Waals surface area contributed by atoms with E-state index in [0.717, 1.165) is 12.8 Å². The van der Waals surface area contributed by atoms with Crippen LogP contribution in [0.5, 0.6) is 0 Å². The van der Waals surface area contributed by atoms with Crippen LogP contribution in [0.15, 0.2) is 23.8 Å². The van der Waals surface area contributed by atoms with Crippen molar-refractivity contribution in [2.45, 2.75) is 65.3 Å². The molecule has 0 spiro atoms. The minimum Gasteiger partial charge on any atom is -0.465 e. The van der Waals surface area contributed by atoms with Crippen LogP contribution in [0.2, 0.25) is 0 Å². The Balaban J connectivity index is 1.60. The summed E-state index contributed by atoms with van der Waals surface area (Å²) in [4.78, 5) is 23.0. The maximum atomic E-state index is 11.8. The molecule has 4 aliphatic carbocycles. The lowest BCUT2D eigenvalue weighted by Crippen LogP contribution is -2.52. The van der Waals surface area contributed by atoms with Gasteiger partial charge in [0.2, 0.25) is 0 Å². The van der Waals surface area contributed by atoms with Gasteiger partial charge in [-0.2, -0.15) is 0 Å². The van der Waals surface area contributed by atoms with Gasteiger partial charge in [0.1, 0.15) is 0 Å². The number of ketones is 1. The van der Waals surface area contributed by atoms with Crippen LogP contribution in [0.25, 0.3) is 0 Å². The van der Waals surface area contributed by atoms with Crippen LogP contribution in [0.4, 0.5) is 4.79 Å². The molecule has 1 unspecified atom stereocenters. The van der Waals surface area contributed by atoms with Crippen molar-refractivity contribution in [1.29, 1.82) is 0 Å². The van der Waals surface area contributed by atoms with E-state index < -0.39 is 6.09 Å². The molecule has 1 amide bonds. The molecule has 0 saturated heterocycles. The summed E-state index contributed by atoms with van der Waals surface area (Å²) in [5, 5.41) is 11.9. The molecule has 0 bridgehead atoms. The molecule has 0 heterocycles. The van der Waals surface area contributed by atoms with Crippen LogP contribution in [0.1, 0.15) is 59.3 Å². The molecule has 0 aromatic carbocycles. The Hall–Kier alpha value is -1.58. The average Bonchev–Trinajstić information content (AvgIpc) is 2.92. The number of hydrogen-bond acceptors (Lipinski definition) is 2. The van der Waals surface area contributed by atoms with Gasteiger partial charge in [0.05, 0.1) is 0 Å². The van der Waals surface area contributed by atoms with E-state index in [-0.39, 0.29) is 22.7 Å². The third-order valence-corrected chi connectivity index (χ3v) is 8.58. The van der Waals surface area contributed by atoms with Crippen LogP contribution >= 0.6 is 0 Å². The number of carbonyl (C=O) groups is 2. The summed E-state index contributed by atoms with van der Waals surface area (Å²) in [6.45, 7) is 6.79. The highest BCUT2D eigenvalue weighted by Gasteiger charge is 2.59. The number of rotatable bonds is 2. The maximum absolute atomic E-state index is 11.8. The Morgan fingerprint density at radius 1 is 1.23 bits per heavy atom. The third kappa shape index (κ3) is 2.48. The molecule has 3 saturated carbocycles. The Morgan fingerprint density at radius 2 is 2.00 bits per heavy atom. The quantitative estimate of drug-likeness (QED) is 0.761. The van der Waals surface area contributed by atoms with Crippen molar-refractivity contribution in [2.75, 3.05) is 0 Å². The zero-order valence-electron chi connectivity index (χ0n) is 16.1. The number of amides is 1. The van der Waals surface area contributed by atoms with Gasteiger partial charge in [-0.1, -0.05) is 25.5 Å². The third-order valence-electron chi connectivity index (χ3n) is 8.58. The van der Waals surface area contributed by atoms with Crippen LogP contribution in [0, 0.1) is 34.5 Å². The van der Waals surface area contributed by atoms with Gasteiger partial charge in [-0.05, 0) is 86.7 Å². The highest BCUT2D eigenvalue weighted by molar-refractivity contribution is 6.01. The van der Waals surface area contributed by atoms with E-state index in [0.29, 0.717) is 23.7 Å². The largest absolute Gasteiger partial charge is 0.465 e. The Morgan fingerprint density at radius 3 is 2.73 bits per heavy atom. The summed E-state index contributed by atoms with van der Waals surface area (Å²) < 4.78 is 0. The van der Waals surface area contributed by atoms with E-state index in [1.54, 1.807) is 6.08 Å². The van der Waals surface area contributed by atoms with Crippen molar-refractivity contribution in [1.82, 2.24) is 5.32 Å². The van der Waals surface area contributed by atoms with Gasteiger partial charge in [0.25, 0.3) is 0 Å². The zero-order chi connectivity index (χ0) is 18.7. The highest BCUT2D eigenvalue weighted by Crippen LogP contribution is 2.66. The molecule has 0 aromatic rings. The lowest BCUT2D eigenvalue weighted by molar-refractivity contribution is -0.111. The second kappa shape index (κ2) is 5.97. The molecule has 4 aliphatic rings. The van der Waals surface area contributed by atoms with E-state index in [1.165, 1.54) is 31.3 Å². The van der Waals surface area contributed by atoms with Crippen molar-refractivity contribution in [2.24, 2.45) is 34.5 Å². The van der Waals surface area contributed by atoms with Crippen LogP contribution in [0.3, 0.4) is 0 Å². The SMILES string of the molecule is CC(NC(=O)O)[C@H]1CC[C@H]2[C@@H]3CCC4=CC(=O)C=C[C@]4(C)[C@H]3CC[C@]12C. The van der Waals surface area contributed by atoms with Gasteiger partial charge < -0.3 is 10.4 Å². The first-order valence-corrected chi connectivity index (χ1v) is 10.2. The number of fused-ring (bicyclic) bond motifs is 5. The average molecular weight is 357 g/mol. The minimum atomic E-state index is -0.907. The van der Waals surface area contributed by atoms with E-state index >= 15 is 0 Å². The van der Waals surface area contributed by atoms with Crippen LogP contribution < -0.4 is 5.32 Å². The first-order chi connectivity index (χ1) is 12.3. The van der Waals surface area contributed by atoms with E-state index in [4.69, 9.17) is 5.11 Å². The zero-order valence-corrected chi connectivity index (χ0v) is 16.1. The molecule has 4 rings (SSSR count). The van der Waals surface area contributed by atoms with Crippen molar-refractivity contribution in [3.63, 3.8) is 0 Å². The van der Waals surface area contributed by atoms with E-state index in [1.807, 2.05) is 13.0 Å². The van der Waals surface area contributed by atoms with Crippen molar-refractivity contribution in [3.05, 3.63) is 23.8 Å². The monoisotopic (exact) mass is 357 g/mol. The van der Waals surface area contributed by atoms with Gasteiger partial charge in [-0.25, -0.2) is 4.79 Å². The Labute approximate surface area is 156 Å². The number of hydrogen-bond donors (Lipinski definition) is 2. The molecule has 4 heteroatoms. The predicted molar refractivity (Wildman–Crippen MR) is 101 cm³/mol. The van der Waals surface area contributed by atoms with E-state index in [9.17, 15) is 9.59 Å². The summed E-state index contributed by atoms with van der Waals surface area (Å²) >= 11 is 0. The fraction of sp³-hybridized carbons (Fsp3) is 0.727. The predicted octanol–water partition coefficient (Wildman–Crippen LogP) is 4.57. The summed E-state index contributed by atoms with van der Waals surface area (Å²) in [7, 11) is 0. The molecule has 142 valence electrons. The van der Waals surface area contributed by atoms with Crippen molar-refractivity contribution >= 4 is 11.9 Å². The Kier molecular flexibility index (Phi) is 4.09. The molecule has 3 fully saturated rings. The van der Waals surface area contributed by atoms with Crippen LogP contribution in [-0.4, -0.2) is 23.0 Å². The van der Waals surface area contributed by atoms with Gasteiger partial charge in [-0.3, -0.25) is 4.79 Å². The van der Waals surface area contributed by atoms with Crippen molar-refractivity contribution < 1.29 is 14.7 Å². The molecule has 26 heavy (non-hydrogen) atoms. The number of nitrogens with one attached hydrogen (secondary N) is 1. The summed E-state index contributed by atoms with van der Waals surface area (Å²) in [6.07, 6.45) is 11.8. The molecular weight excluding hydrogens is 326 g/mol. The number of allylic oxidation sites excluding steroid dienone is 4. The molecule has 4 nitrogen and oxygen atoms in total. The molecule has 2 N–H and O–H groups in total. The second-order valence-electron chi connectivity index (χ2n) is 9.57. The van der Waals surface area contributed by atoms with Gasteiger partial charge in [-0.15, -0.1) is 0 Å². The van der Waals surface area contributed by atoms with E-state index in [2.05, 4.69) is 25.2 Å². The normalized spacial score (nSPS) is 45.2. The molecule has 7 atom stereocenters. The summed E-state index contributed by atoms with van der Waals surface area (Å²) in [5.41, 5.74) is 1.61. The maximum Gasteiger partial charge on any atom is 0.404 e. The highest BCUT2D eigenvalue weighted by atomic mass is 16.4. The summed E-state index contributed by atoms with van der Waals surface area (Å²) in [5.74, 6) is 2.56. The first-order valence-electron chi connectivity index (χ1n) is 10.2. The minimum absolute atomic E-state index is 0.0147. The molecular formula is C22H31NO3. The standard InChI is InChI=1S/C22H31NO3/c1-13(23-20(25)26)17-6-7-18-16-5-4-14-12-15(24)8-10-21(14,2)19(16)9-11-22(17,18)3/h8,10,12-13,16-19,23H,4-7,9,11H2,1-3H3,(H,25,26)/t13?,16-,17+,18-,19-,21-,22+/m0/s1. The van der Waals surface area contributed by atoms with Gasteiger partial charge in [0, 0.05) is 11.5 Å². The lowest BCUT2D eigenvalue weighted by atomic mass is 9.47. The Bertz CT molecular complexity index is 696. The molecule has 0 radical (unpaired) electrons. The topological polar surface area (TPSA) is 66.4 Å². The fourth-order valence-corrected chi connectivity index (χ4v) is 7.35. The fourth-order valence-electron chi connectivity index (χ4n) is 7.35. The summed E-state index contributed by atoms with van der Waals surface area (Å²) in [6, 6.07) is 0.0147. The first kappa shape index (κ1) is 17.8.